The van der Waals surface area contributed by atoms with Crippen LogP contribution in [0.25, 0.3) is 0 Å². The summed E-state index contributed by atoms with van der Waals surface area (Å²) in [7, 11) is 0. The summed E-state index contributed by atoms with van der Waals surface area (Å²) in [5.74, 6) is 0. The summed E-state index contributed by atoms with van der Waals surface area (Å²) < 4.78 is 0. The fourth-order valence-corrected chi connectivity index (χ4v) is 1.03. The van der Waals surface area contributed by atoms with Crippen LogP contribution in [0.1, 0.15) is 19.3 Å². The number of halogens is 1. The van der Waals surface area contributed by atoms with Gasteiger partial charge in [0.15, 0.2) is 0 Å². The molecule has 0 aromatic heterocycles. The number of carbonyl (C=O) groups excluding carboxylic acids is 1. The fourth-order valence-electron chi connectivity index (χ4n) is 1.03. The molecule has 0 radical (unpaired) electrons. The van der Waals surface area contributed by atoms with E-state index in [1.54, 1.807) is 5.01 Å². The van der Waals surface area contributed by atoms with Gasteiger partial charge in [-0.25, -0.2) is 4.79 Å². The first-order valence-electron chi connectivity index (χ1n) is 3.26. The average molecular weight is 163 g/mol. The zero-order valence-electron chi connectivity index (χ0n) is 5.75. The summed E-state index contributed by atoms with van der Waals surface area (Å²) in [5.41, 5.74) is 0. The molecule has 0 N–H and O–H groups in total. The maximum absolute atomic E-state index is 9.74. The lowest BCUT2D eigenvalue weighted by molar-refractivity contribution is 0.238. The Morgan fingerprint density at radius 3 is 2.30 bits per heavy atom. The lowest BCUT2D eigenvalue weighted by atomic mass is 10.2. The summed E-state index contributed by atoms with van der Waals surface area (Å²) in [5, 5.41) is 5.29. The molecule has 1 rings (SSSR count). The molecule has 0 atom stereocenters. The van der Waals surface area contributed by atoms with Crippen molar-refractivity contribution in [2.45, 2.75) is 19.3 Å². The number of hydrogen-bond acceptors (Lipinski definition) is 3. The molecule has 1 fully saturated rings. The van der Waals surface area contributed by atoms with Crippen LogP contribution in [0.15, 0.2) is 5.10 Å². The van der Waals surface area contributed by atoms with E-state index in [0.29, 0.717) is 0 Å². The quantitative estimate of drug-likeness (QED) is 0.428. The number of rotatable bonds is 1. The zero-order chi connectivity index (χ0) is 6.53. The van der Waals surface area contributed by atoms with Crippen molar-refractivity contribution in [1.29, 1.82) is 0 Å². The molecular weight excluding hydrogens is 152 g/mol. The predicted octanol–water partition coefficient (Wildman–Crippen LogP) is 1.14. The Morgan fingerprint density at radius 1 is 1.20 bits per heavy atom. The summed E-state index contributed by atoms with van der Waals surface area (Å²) >= 11 is 0. The van der Waals surface area contributed by atoms with Crippen LogP contribution in [0.2, 0.25) is 0 Å². The Kier molecular flexibility index (Phi) is 4.99. The standard InChI is InChI=1S/C6H10N2O.ClH/c9-6-7-8-4-2-1-3-5-8;/h1-5H2;1H. The van der Waals surface area contributed by atoms with Gasteiger partial charge < -0.3 is 0 Å². The second-order valence-electron chi connectivity index (χ2n) is 2.21. The van der Waals surface area contributed by atoms with Gasteiger partial charge in [0, 0.05) is 13.1 Å². The lowest BCUT2D eigenvalue weighted by Crippen LogP contribution is -2.23. The van der Waals surface area contributed by atoms with E-state index in [0.717, 1.165) is 25.9 Å². The maximum atomic E-state index is 9.74. The van der Waals surface area contributed by atoms with E-state index >= 15 is 0 Å². The van der Waals surface area contributed by atoms with Gasteiger partial charge in [0.05, 0.1) is 0 Å². The van der Waals surface area contributed by atoms with Crippen LogP contribution in [0.4, 0.5) is 0 Å². The molecule has 1 aliphatic rings. The van der Waals surface area contributed by atoms with Crippen molar-refractivity contribution in [3.63, 3.8) is 0 Å². The second kappa shape index (κ2) is 5.27. The van der Waals surface area contributed by atoms with Crippen LogP contribution in [0.3, 0.4) is 0 Å². The molecule has 0 aromatic carbocycles. The molecule has 3 nitrogen and oxygen atoms in total. The van der Waals surface area contributed by atoms with Crippen LogP contribution in [0, 0.1) is 0 Å². The summed E-state index contributed by atoms with van der Waals surface area (Å²) in [6.07, 6.45) is 5.12. The van der Waals surface area contributed by atoms with Crippen LogP contribution in [-0.2, 0) is 4.79 Å². The first-order chi connectivity index (χ1) is 4.43. The Bertz CT molecular complexity index is 128. The highest BCUT2D eigenvalue weighted by atomic mass is 35.5. The van der Waals surface area contributed by atoms with Gasteiger partial charge in [0.25, 0.3) is 6.08 Å². The van der Waals surface area contributed by atoms with Crippen LogP contribution < -0.4 is 0 Å². The number of hydrogen-bond donors (Lipinski definition) is 0. The van der Waals surface area contributed by atoms with Gasteiger partial charge in [0.2, 0.25) is 0 Å². The van der Waals surface area contributed by atoms with Crippen molar-refractivity contribution in [2.75, 3.05) is 13.1 Å². The Hall–Kier alpha value is -0.530. The molecular formula is C6H11ClN2O. The molecule has 0 aromatic rings. The third-order valence-corrected chi connectivity index (χ3v) is 1.51. The number of hydrazone groups is 1. The molecule has 0 aliphatic carbocycles. The van der Waals surface area contributed by atoms with Crippen molar-refractivity contribution in [2.24, 2.45) is 5.10 Å². The van der Waals surface area contributed by atoms with Gasteiger partial charge in [-0.1, -0.05) is 5.10 Å². The smallest absolute Gasteiger partial charge is 0.258 e. The molecule has 1 aliphatic heterocycles. The Morgan fingerprint density at radius 2 is 1.80 bits per heavy atom. The van der Waals surface area contributed by atoms with E-state index in [1.165, 1.54) is 12.5 Å². The van der Waals surface area contributed by atoms with E-state index in [4.69, 9.17) is 0 Å². The van der Waals surface area contributed by atoms with Crippen molar-refractivity contribution in [3.8, 4) is 0 Å². The highest BCUT2D eigenvalue weighted by molar-refractivity contribution is 5.85. The van der Waals surface area contributed by atoms with Gasteiger partial charge in [-0.05, 0) is 19.3 Å². The zero-order valence-corrected chi connectivity index (χ0v) is 6.56. The summed E-state index contributed by atoms with van der Waals surface area (Å²) in [6.45, 7) is 1.85. The molecule has 1 heterocycles. The molecule has 0 spiro atoms. The molecule has 0 unspecified atom stereocenters. The minimum atomic E-state index is 0. The molecule has 0 bridgehead atoms. The average Bonchev–Trinajstić information content (AvgIpc) is 1.91. The van der Waals surface area contributed by atoms with E-state index in [-0.39, 0.29) is 12.4 Å². The topological polar surface area (TPSA) is 32.7 Å². The van der Waals surface area contributed by atoms with Crippen molar-refractivity contribution in [1.82, 2.24) is 5.01 Å². The van der Waals surface area contributed by atoms with E-state index < -0.39 is 0 Å². The maximum Gasteiger partial charge on any atom is 0.258 e. The van der Waals surface area contributed by atoms with Gasteiger partial charge in [-0.2, -0.15) is 0 Å². The molecule has 4 heteroatoms. The largest absolute Gasteiger partial charge is 0.286 e. The molecule has 10 heavy (non-hydrogen) atoms. The van der Waals surface area contributed by atoms with Crippen LogP contribution in [-0.4, -0.2) is 24.2 Å². The summed E-state index contributed by atoms with van der Waals surface area (Å²) in [4.78, 5) is 9.74. The highest BCUT2D eigenvalue weighted by Crippen LogP contribution is 2.07. The normalized spacial score (nSPS) is 17.0. The molecule has 1 saturated heterocycles. The van der Waals surface area contributed by atoms with Crippen molar-refractivity contribution >= 4 is 18.5 Å². The minimum absolute atomic E-state index is 0. The third-order valence-electron chi connectivity index (χ3n) is 1.51. The lowest BCUT2D eigenvalue weighted by Gasteiger charge is -2.20. The van der Waals surface area contributed by atoms with Gasteiger partial charge >= 0.3 is 0 Å². The molecule has 0 amide bonds. The summed E-state index contributed by atoms with van der Waals surface area (Å²) in [6, 6.07) is 0. The van der Waals surface area contributed by atoms with Crippen molar-refractivity contribution in [3.05, 3.63) is 0 Å². The Balaban J connectivity index is 0.000000810. The SMILES string of the molecule is Cl.O=C=NN1CCCCC1. The van der Waals surface area contributed by atoms with Crippen LogP contribution in [0.5, 0.6) is 0 Å². The number of isocyanates is 1. The second-order valence-corrected chi connectivity index (χ2v) is 2.21. The minimum Gasteiger partial charge on any atom is -0.286 e. The Labute approximate surface area is 66.5 Å². The monoisotopic (exact) mass is 162 g/mol. The van der Waals surface area contributed by atoms with E-state index in [1.807, 2.05) is 0 Å². The fraction of sp³-hybridized carbons (Fsp3) is 0.833. The number of nitrogens with zero attached hydrogens (tertiary/aromatic N) is 2. The highest BCUT2D eigenvalue weighted by Gasteiger charge is 2.05. The van der Waals surface area contributed by atoms with Crippen molar-refractivity contribution < 1.29 is 4.79 Å². The predicted molar refractivity (Wildman–Crippen MR) is 40.8 cm³/mol. The van der Waals surface area contributed by atoms with E-state index in [9.17, 15) is 4.79 Å². The van der Waals surface area contributed by atoms with Crippen LogP contribution >= 0.6 is 12.4 Å². The van der Waals surface area contributed by atoms with Gasteiger partial charge in [0.1, 0.15) is 0 Å². The number of piperidine rings is 1. The van der Waals surface area contributed by atoms with Gasteiger partial charge in [-0.15, -0.1) is 12.4 Å². The van der Waals surface area contributed by atoms with E-state index in [2.05, 4.69) is 5.10 Å². The first-order valence-corrected chi connectivity index (χ1v) is 3.26. The molecule has 0 saturated carbocycles. The van der Waals surface area contributed by atoms with Gasteiger partial charge in [-0.3, -0.25) is 5.01 Å². The first kappa shape index (κ1) is 9.47. The molecule has 58 valence electrons. The third kappa shape index (κ3) is 2.85.